The molecule has 144 valence electrons. The van der Waals surface area contributed by atoms with Gasteiger partial charge in [0.2, 0.25) is 11.9 Å². The van der Waals surface area contributed by atoms with Gasteiger partial charge in [0.15, 0.2) is 0 Å². The van der Waals surface area contributed by atoms with Crippen molar-refractivity contribution in [2.75, 3.05) is 18.5 Å². The largest absolute Gasteiger partial charge is 0.467 e. The van der Waals surface area contributed by atoms with E-state index in [0.29, 0.717) is 17.9 Å². The summed E-state index contributed by atoms with van der Waals surface area (Å²) in [6, 6.07) is 6.73. The van der Waals surface area contributed by atoms with Crippen molar-refractivity contribution in [3.63, 3.8) is 0 Å². The smallest absolute Gasteiger partial charge is 0.416 e. The lowest BCUT2D eigenvalue weighted by atomic mass is 10.2. The molecule has 0 saturated carbocycles. The molecule has 27 heavy (non-hydrogen) atoms. The Bertz CT molecular complexity index is 917. The maximum Gasteiger partial charge on any atom is 0.416 e. The van der Waals surface area contributed by atoms with Crippen molar-refractivity contribution in [1.29, 1.82) is 0 Å². The number of hydrogen-bond acceptors (Lipinski definition) is 4. The molecule has 3 rings (SSSR count). The molecule has 6 nitrogen and oxygen atoms in total. The van der Waals surface area contributed by atoms with Crippen LogP contribution >= 0.6 is 0 Å². The minimum Gasteiger partial charge on any atom is -0.467 e. The van der Waals surface area contributed by atoms with Crippen LogP contribution in [-0.4, -0.2) is 28.7 Å². The fourth-order valence-corrected chi connectivity index (χ4v) is 2.62. The second-order valence-corrected chi connectivity index (χ2v) is 5.80. The maximum atomic E-state index is 13.0. The molecule has 0 bridgehead atoms. The lowest BCUT2D eigenvalue weighted by molar-refractivity contribution is -0.137. The first-order valence-electron chi connectivity index (χ1n) is 8.36. The Morgan fingerprint density at radius 1 is 1.33 bits per heavy atom. The fourth-order valence-electron chi connectivity index (χ4n) is 2.62. The van der Waals surface area contributed by atoms with E-state index in [1.807, 2.05) is 6.92 Å². The summed E-state index contributed by atoms with van der Waals surface area (Å²) in [4.78, 5) is 16.3. The Balaban J connectivity index is 1.95. The Morgan fingerprint density at radius 2 is 2.15 bits per heavy atom. The minimum absolute atomic E-state index is 0.117. The normalized spacial score (nSPS) is 11.9. The highest BCUT2D eigenvalue weighted by Crippen LogP contribution is 2.32. The summed E-state index contributed by atoms with van der Waals surface area (Å²) >= 11 is 0. The van der Waals surface area contributed by atoms with Crippen LogP contribution in [0.25, 0.3) is 11.0 Å². The number of carbonyl (C=O) groups excluding carboxylic acids is 1. The zero-order valence-electron chi connectivity index (χ0n) is 14.5. The predicted molar refractivity (Wildman–Crippen MR) is 92.3 cm³/mol. The molecule has 3 aromatic rings. The van der Waals surface area contributed by atoms with Crippen LogP contribution in [0.5, 0.6) is 0 Å². The molecular weight excluding hydrogens is 363 g/mol. The number of benzene rings is 1. The van der Waals surface area contributed by atoms with Crippen molar-refractivity contribution in [3.8, 4) is 0 Å². The second-order valence-electron chi connectivity index (χ2n) is 5.80. The van der Waals surface area contributed by atoms with Crippen molar-refractivity contribution in [3.05, 3.63) is 47.9 Å². The molecule has 0 aliphatic carbocycles. The van der Waals surface area contributed by atoms with Crippen molar-refractivity contribution in [1.82, 2.24) is 9.55 Å². The molecule has 0 spiro atoms. The van der Waals surface area contributed by atoms with Crippen LogP contribution in [0.3, 0.4) is 0 Å². The number of rotatable bonds is 7. The van der Waals surface area contributed by atoms with Gasteiger partial charge >= 0.3 is 6.18 Å². The van der Waals surface area contributed by atoms with Gasteiger partial charge in [-0.1, -0.05) is 0 Å². The van der Waals surface area contributed by atoms with E-state index >= 15 is 0 Å². The van der Waals surface area contributed by atoms with E-state index in [1.165, 1.54) is 12.3 Å². The number of anilines is 1. The van der Waals surface area contributed by atoms with E-state index < -0.39 is 11.7 Å². The van der Waals surface area contributed by atoms with Crippen LogP contribution in [0.15, 0.2) is 41.0 Å². The number of carbonyl (C=O) groups is 1. The van der Waals surface area contributed by atoms with Crippen LogP contribution < -0.4 is 5.32 Å². The number of amides is 1. The van der Waals surface area contributed by atoms with Gasteiger partial charge in [-0.05, 0) is 37.3 Å². The maximum absolute atomic E-state index is 13.0. The van der Waals surface area contributed by atoms with Gasteiger partial charge in [0.1, 0.15) is 5.76 Å². The molecule has 0 aliphatic rings. The molecule has 2 heterocycles. The third kappa shape index (κ3) is 4.48. The van der Waals surface area contributed by atoms with Gasteiger partial charge in [0.25, 0.3) is 0 Å². The molecule has 0 aliphatic heterocycles. The van der Waals surface area contributed by atoms with Crippen molar-refractivity contribution >= 4 is 22.9 Å². The number of fused-ring (bicyclic) bond motifs is 1. The van der Waals surface area contributed by atoms with Gasteiger partial charge in [-0.3, -0.25) is 10.1 Å². The quantitative estimate of drug-likeness (QED) is 0.627. The zero-order chi connectivity index (χ0) is 19.4. The highest BCUT2D eigenvalue weighted by atomic mass is 19.4. The number of aromatic nitrogens is 2. The Morgan fingerprint density at radius 3 is 2.81 bits per heavy atom. The number of nitrogens with one attached hydrogen (secondary N) is 1. The van der Waals surface area contributed by atoms with Crippen LogP contribution in [-0.2, 0) is 22.3 Å². The standard InChI is InChI=1S/C18H18F3N3O3/c1-2-26-9-7-16(25)23-17-22-14-10-12(18(19,20)21)5-6-15(14)24(17)11-13-4-3-8-27-13/h3-6,8,10H,2,7,9,11H2,1H3,(H,22,23,25). The summed E-state index contributed by atoms with van der Waals surface area (Å²) in [6.45, 7) is 2.78. The minimum atomic E-state index is -4.47. The number of ether oxygens (including phenoxy) is 1. The highest BCUT2D eigenvalue weighted by molar-refractivity contribution is 5.91. The van der Waals surface area contributed by atoms with E-state index in [4.69, 9.17) is 9.15 Å². The Labute approximate surface area is 152 Å². The highest BCUT2D eigenvalue weighted by Gasteiger charge is 2.31. The van der Waals surface area contributed by atoms with E-state index in [1.54, 1.807) is 16.7 Å². The molecule has 0 unspecified atom stereocenters. The molecule has 0 saturated heterocycles. The molecule has 0 radical (unpaired) electrons. The topological polar surface area (TPSA) is 69.3 Å². The van der Waals surface area contributed by atoms with E-state index in [0.717, 1.165) is 12.1 Å². The monoisotopic (exact) mass is 381 g/mol. The molecule has 1 aromatic carbocycles. The number of halogens is 3. The second kappa shape index (κ2) is 7.83. The van der Waals surface area contributed by atoms with E-state index in [9.17, 15) is 18.0 Å². The SMILES string of the molecule is CCOCCC(=O)Nc1nc2cc(C(F)(F)F)ccc2n1Cc1ccco1. The van der Waals surface area contributed by atoms with Crippen LogP contribution in [0.4, 0.5) is 19.1 Å². The molecule has 1 amide bonds. The van der Waals surface area contributed by atoms with Crippen LogP contribution in [0, 0.1) is 0 Å². The predicted octanol–water partition coefficient (Wildman–Crippen LogP) is 4.06. The molecule has 0 atom stereocenters. The van der Waals surface area contributed by atoms with Gasteiger partial charge in [0, 0.05) is 6.61 Å². The molecule has 0 fully saturated rings. The van der Waals surface area contributed by atoms with Crippen LogP contribution in [0.2, 0.25) is 0 Å². The summed E-state index contributed by atoms with van der Waals surface area (Å²) < 4.78 is 51.0. The lowest BCUT2D eigenvalue weighted by Gasteiger charge is -2.09. The number of furan rings is 1. The average molecular weight is 381 g/mol. The molecular formula is C18H18F3N3O3. The number of hydrogen-bond donors (Lipinski definition) is 1. The van der Waals surface area contributed by atoms with Gasteiger partial charge in [-0.2, -0.15) is 13.2 Å². The molecule has 1 N–H and O–H groups in total. The number of alkyl halides is 3. The summed E-state index contributed by atoms with van der Waals surface area (Å²) in [5.41, 5.74) is -0.206. The number of nitrogens with zero attached hydrogens (tertiary/aromatic N) is 2. The van der Waals surface area contributed by atoms with Crippen molar-refractivity contribution in [2.45, 2.75) is 26.1 Å². The third-order valence-corrected chi connectivity index (χ3v) is 3.90. The van der Waals surface area contributed by atoms with Crippen LogP contribution in [0.1, 0.15) is 24.7 Å². The molecule has 9 heteroatoms. The first-order valence-corrected chi connectivity index (χ1v) is 8.36. The summed E-state index contributed by atoms with van der Waals surface area (Å²) in [5, 5.41) is 2.64. The Kier molecular flexibility index (Phi) is 5.50. The van der Waals surface area contributed by atoms with Crippen molar-refractivity contribution in [2.24, 2.45) is 0 Å². The van der Waals surface area contributed by atoms with Gasteiger partial charge in [-0.25, -0.2) is 4.98 Å². The van der Waals surface area contributed by atoms with Gasteiger partial charge in [-0.15, -0.1) is 0 Å². The first-order chi connectivity index (χ1) is 12.9. The van der Waals surface area contributed by atoms with E-state index in [-0.39, 0.29) is 36.9 Å². The zero-order valence-corrected chi connectivity index (χ0v) is 14.5. The van der Waals surface area contributed by atoms with Crippen molar-refractivity contribution < 1.29 is 27.1 Å². The number of imidazole rings is 1. The van der Waals surface area contributed by atoms with Gasteiger partial charge < -0.3 is 13.7 Å². The third-order valence-electron chi connectivity index (χ3n) is 3.90. The first kappa shape index (κ1) is 19.0. The summed E-state index contributed by atoms with van der Waals surface area (Å²) in [6.07, 6.45) is -2.86. The fraction of sp³-hybridized carbons (Fsp3) is 0.333. The van der Waals surface area contributed by atoms with E-state index in [2.05, 4.69) is 10.3 Å². The molecule has 2 aromatic heterocycles. The Hall–Kier alpha value is -2.81. The average Bonchev–Trinajstić information content (AvgIpc) is 3.23. The summed E-state index contributed by atoms with van der Waals surface area (Å²) in [7, 11) is 0. The van der Waals surface area contributed by atoms with Gasteiger partial charge in [0.05, 0.1) is 42.4 Å². The summed E-state index contributed by atoms with van der Waals surface area (Å²) in [5.74, 6) is 0.400. The lowest BCUT2D eigenvalue weighted by Crippen LogP contribution is -2.17.